The fraction of sp³-hybridized carbons (Fsp3) is 0.500. The van der Waals surface area contributed by atoms with Gasteiger partial charge in [-0.15, -0.1) is 5.10 Å². The lowest BCUT2D eigenvalue weighted by atomic mass is 9.99. The van der Waals surface area contributed by atoms with E-state index in [0.29, 0.717) is 22.5 Å². The molecule has 1 fully saturated rings. The zero-order chi connectivity index (χ0) is 14.1. The summed E-state index contributed by atoms with van der Waals surface area (Å²) in [6, 6.07) is 5.66. The van der Waals surface area contributed by atoms with Gasteiger partial charge in [-0.3, -0.25) is 0 Å². The van der Waals surface area contributed by atoms with Crippen molar-refractivity contribution in [3.05, 3.63) is 23.2 Å². The molecule has 0 saturated heterocycles. The normalized spacial score (nSPS) is 17.5. The maximum atomic E-state index is 6.26. The second-order valence-corrected chi connectivity index (χ2v) is 5.88. The molecule has 1 aliphatic carbocycles. The first-order chi connectivity index (χ1) is 9.66. The van der Waals surface area contributed by atoms with Crippen LogP contribution < -0.4 is 5.73 Å². The summed E-state index contributed by atoms with van der Waals surface area (Å²) in [4.78, 5) is 0. The van der Waals surface area contributed by atoms with Gasteiger partial charge in [0.05, 0.1) is 11.1 Å². The van der Waals surface area contributed by atoms with Crippen molar-refractivity contribution in [1.29, 1.82) is 0 Å². The number of nitrogens with two attached hydrogens (primary N) is 1. The van der Waals surface area contributed by atoms with E-state index < -0.39 is 0 Å². The highest BCUT2D eigenvalue weighted by Gasteiger charge is 2.26. The SMILES string of the molecule is CC(C1CCCC1)n1nnnc1-c1cc(N)ccc1Cl. The lowest BCUT2D eigenvalue weighted by molar-refractivity contribution is 0.332. The van der Waals surface area contributed by atoms with E-state index in [4.69, 9.17) is 17.3 Å². The summed E-state index contributed by atoms with van der Waals surface area (Å²) in [6.45, 7) is 2.18. The third kappa shape index (κ3) is 2.38. The number of anilines is 1. The number of rotatable bonds is 3. The van der Waals surface area contributed by atoms with Crippen molar-refractivity contribution in [2.75, 3.05) is 5.73 Å². The number of benzene rings is 1. The molecule has 0 aliphatic heterocycles. The molecule has 1 aliphatic rings. The third-order valence-corrected chi connectivity index (χ3v) is 4.52. The molecule has 2 aromatic rings. The topological polar surface area (TPSA) is 69.6 Å². The summed E-state index contributed by atoms with van der Waals surface area (Å²) in [5, 5.41) is 12.8. The van der Waals surface area contributed by atoms with Crippen LogP contribution in [0, 0.1) is 5.92 Å². The number of nitrogen functional groups attached to an aromatic ring is 1. The summed E-state index contributed by atoms with van der Waals surface area (Å²) in [5.41, 5.74) is 7.30. The standard InChI is InChI=1S/C14H18ClN5/c1-9(10-4-2-3-5-10)20-14(17-18-19-20)12-8-11(16)6-7-13(12)15/h6-10H,2-5,16H2,1H3. The average molecular weight is 292 g/mol. The van der Waals surface area contributed by atoms with Crippen molar-refractivity contribution >= 4 is 17.3 Å². The summed E-state index contributed by atoms with van der Waals surface area (Å²) in [6.07, 6.45) is 5.08. The predicted octanol–water partition coefficient (Wildman–Crippen LogP) is 3.33. The highest BCUT2D eigenvalue weighted by Crippen LogP contribution is 2.36. The van der Waals surface area contributed by atoms with Crippen LogP contribution in [-0.4, -0.2) is 20.2 Å². The summed E-state index contributed by atoms with van der Waals surface area (Å²) in [7, 11) is 0. The van der Waals surface area contributed by atoms with E-state index >= 15 is 0 Å². The Kier molecular flexibility index (Phi) is 3.61. The molecule has 1 aromatic carbocycles. The summed E-state index contributed by atoms with van der Waals surface area (Å²) >= 11 is 6.26. The molecule has 3 rings (SSSR count). The van der Waals surface area contributed by atoms with Gasteiger partial charge in [0.15, 0.2) is 5.82 Å². The van der Waals surface area contributed by atoms with E-state index in [0.717, 1.165) is 5.56 Å². The van der Waals surface area contributed by atoms with Gasteiger partial charge in [0.1, 0.15) is 0 Å². The Labute approximate surface area is 123 Å². The van der Waals surface area contributed by atoms with Gasteiger partial charge in [-0.1, -0.05) is 24.4 Å². The van der Waals surface area contributed by atoms with Crippen molar-refractivity contribution in [2.24, 2.45) is 5.92 Å². The van der Waals surface area contributed by atoms with Gasteiger partial charge in [-0.05, 0) is 54.3 Å². The van der Waals surface area contributed by atoms with Gasteiger partial charge in [0.2, 0.25) is 0 Å². The van der Waals surface area contributed by atoms with E-state index in [1.54, 1.807) is 12.1 Å². The maximum absolute atomic E-state index is 6.26. The number of hydrogen-bond donors (Lipinski definition) is 1. The average Bonchev–Trinajstić information content (AvgIpc) is 3.11. The van der Waals surface area contributed by atoms with E-state index in [1.165, 1.54) is 25.7 Å². The number of hydrogen-bond acceptors (Lipinski definition) is 4. The zero-order valence-corrected chi connectivity index (χ0v) is 12.2. The second kappa shape index (κ2) is 5.40. The van der Waals surface area contributed by atoms with Crippen molar-refractivity contribution < 1.29 is 0 Å². The molecule has 0 amide bonds. The number of nitrogens with zero attached hydrogens (tertiary/aromatic N) is 4. The molecule has 1 aromatic heterocycles. The van der Waals surface area contributed by atoms with Crippen molar-refractivity contribution in [3.8, 4) is 11.4 Å². The fourth-order valence-electron chi connectivity index (χ4n) is 3.00. The van der Waals surface area contributed by atoms with Crippen LogP contribution in [0.15, 0.2) is 18.2 Å². The monoisotopic (exact) mass is 291 g/mol. The van der Waals surface area contributed by atoms with Crippen LogP contribution in [0.3, 0.4) is 0 Å². The number of tetrazole rings is 1. The second-order valence-electron chi connectivity index (χ2n) is 5.47. The van der Waals surface area contributed by atoms with E-state index in [1.807, 2.05) is 10.7 Å². The van der Waals surface area contributed by atoms with Crippen LogP contribution in [-0.2, 0) is 0 Å². The highest BCUT2D eigenvalue weighted by atomic mass is 35.5. The molecule has 1 unspecified atom stereocenters. The molecule has 20 heavy (non-hydrogen) atoms. The van der Waals surface area contributed by atoms with Crippen LogP contribution in [0.1, 0.15) is 38.6 Å². The summed E-state index contributed by atoms with van der Waals surface area (Å²) < 4.78 is 1.89. The number of halogens is 1. The lowest BCUT2D eigenvalue weighted by Gasteiger charge is -2.20. The molecular formula is C14H18ClN5. The van der Waals surface area contributed by atoms with Gasteiger partial charge < -0.3 is 5.73 Å². The highest BCUT2D eigenvalue weighted by molar-refractivity contribution is 6.33. The minimum atomic E-state index is 0.278. The molecule has 106 valence electrons. The third-order valence-electron chi connectivity index (χ3n) is 4.19. The Morgan fingerprint density at radius 1 is 1.35 bits per heavy atom. The Bertz CT molecular complexity index is 603. The molecule has 0 bridgehead atoms. The maximum Gasteiger partial charge on any atom is 0.183 e. The molecular weight excluding hydrogens is 274 g/mol. The minimum absolute atomic E-state index is 0.278. The smallest absolute Gasteiger partial charge is 0.183 e. The molecule has 5 nitrogen and oxygen atoms in total. The Hall–Kier alpha value is -1.62. The first-order valence-electron chi connectivity index (χ1n) is 7.00. The van der Waals surface area contributed by atoms with Crippen molar-refractivity contribution in [3.63, 3.8) is 0 Å². The lowest BCUT2D eigenvalue weighted by Crippen LogP contribution is -2.16. The molecule has 1 heterocycles. The molecule has 1 saturated carbocycles. The van der Waals surface area contributed by atoms with E-state index in [9.17, 15) is 0 Å². The largest absolute Gasteiger partial charge is 0.399 e. The molecule has 2 N–H and O–H groups in total. The van der Waals surface area contributed by atoms with Crippen LogP contribution in [0.25, 0.3) is 11.4 Å². The Balaban J connectivity index is 1.99. The minimum Gasteiger partial charge on any atom is -0.399 e. The van der Waals surface area contributed by atoms with E-state index in [2.05, 4.69) is 22.4 Å². The van der Waals surface area contributed by atoms with Gasteiger partial charge in [-0.25, -0.2) is 4.68 Å². The molecule has 1 atom stereocenters. The molecule has 0 radical (unpaired) electrons. The van der Waals surface area contributed by atoms with Crippen LogP contribution in [0.4, 0.5) is 5.69 Å². The van der Waals surface area contributed by atoms with Crippen molar-refractivity contribution in [2.45, 2.75) is 38.6 Å². The molecule has 6 heteroatoms. The van der Waals surface area contributed by atoms with E-state index in [-0.39, 0.29) is 6.04 Å². The number of aromatic nitrogens is 4. The fourth-order valence-corrected chi connectivity index (χ4v) is 3.20. The zero-order valence-electron chi connectivity index (χ0n) is 11.5. The Morgan fingerprint density at radius 3 is 2.85 bits per heavy atom. The quantitative estimate of drug-likeness (QED) is 0.881. The van der Waals surface area contributed by atoms with Gasteiger partial charge in [-0.2, -0.15) is 0 Å². The van der Waals surface area contributed by atoms with Gasteiger partial charge in [0, 0.05) is 11.3 Å². The van der Waals surface area contributed by atoms with Gasteiger partial charge >= 0.3 is 0 Å². The Morgan fingerprint density at radius 2 is 2.10 bits per heavy atom. The van der Waals surface area contributed by atoms with Crippen LogP contribution in [0.2, 0.25) is 5.02 Å². The predicted molar refractivity (Wildman–Crippen MR) is 79.3 cm³/mol. The van der Waals surface area contributed by atoms with Crippen LogP contribution >= 0.6 is 11.6 Å². The summed E-state index contributed by atoms with van der Waals surface area (Å²) in [5.74, 6) is 1.33. The van der Waals surface area contributed by atoms with Gasteiger partial charge in [0.25, 0.3) is 0 Å². The first kappa shape index (κ1) is 13.4. The first-order valence-corrected chi connectivity index (χ1v) is 7.38. The van der Waals surface area contributed by atoms with Crippen LogP contribution in [0.5, 0.6) is 0 Å². The van der Waals surface area contributed by atoms with Crippen molar-refractivity contribution in [1.82, 2.24) is 20.2 Å². The molecule has 0 spiro atoms.